The van der Waals surface area contributed by atoms with E-state index in [0.717, 1.165) is 38.5 Å². The molecule has 0 aromatic heterocycles. The van der Waals surface area contributed by atoms with Gasteiger partial charge in [-0.15, -0.1) is 0 Å². The van der Waals surface area contributed by atoms with Crippen LogP contribution in [0.4, 0.5) is 0 Å². The molecule has 43 heavy (non-hydrogen) atoms. The van der Waals surface area contributed by atoms with Crippen molar-refractivity contribution in [1.82, 2.24) is 4.72 Å². The molecule has 8 nitrogen and oxygen atoms in total. The molecule has 242 valence electrons. The lowest BCUT2D eigenvalue weighted by Crippen LogP contribution is -2.67. The summed E-state index contributed by atoms with van der Waals surface area (Å²) in [5, 5.41) is 10.1. The van der Waals surface area contributed by atoms with Crippen LogP contribution in [0.25, 0.3) is 0 Å². The number of nitrogens with one attached hydrogen (secondary N) is 1. The highest BCUT2D eigenvalue weighted by atomic mass is 32.2. The molecule has 0 heterocycles. The number of ketones is 1. The van der Waals surface area contributed by atoms with Gasteiger partial charge in [0.05, 0.1) is 24.7 Å². The number of hydrogen-bond donors (Lipinski definition) is 2. The number of carbonyl (C=O) groups excluding carboxylic acids is 2. The Morgan fingerprint density at radius 3 is 2.26 bits per heavy atom. The maximum atomic E-state index is 14.5. The molecular weight excluding hydrogens is 566 g/mol. The Balaban J connectivity index is 1.48. The second kappa shape index (κ2) is 10.1. The molecule has 9 atom stereocenters. The summed E-state index contributed by atoms with van der Waals surface area (Å²) in [7, 11) is -2.44. The number of sulfonamides is 1. The number of carboxylic acids is 1. The molecule has 2 N–H and O–H groups in total. The largest absolute Gasteiger partial charge is 0.481 e. The topological polar surface area (TPSA) is 127 Å². The number of rotatable bonds is 6. The summed E-state index contributed by atoms with van der Waals surface area (Å²) >= 11 is 0. The Labute approximate surface area is 258 Å². The molecule has 0 spiro atoms. The minimum Gasteiger partial charge on any atom is -0.481 e. The Kier molecular flexibility index (Phi) is 7.69. The summed E-state index contributed by atoms with van der Waals surface area (Å²) in [4.78, 5) is 38.5. The maximum absolute atomic E-state index is 14.5. The number of allylic oxidation sites excluding steroid dienone is 2. The van der Waals surface area contributed by atoms with Gasteiger partial charge in [0.1, 0.15) is 0 Å². The van der Waals surface area contributed by atoms with Crippen LogP contribution in [0.15, 0.2) is 11.6 Å². The predicted octanol–water partition coefficient (Wildman–Crippen LogP) is 5.90. The van der Waals surface area contributed by atoms with Gasteiger partial charge in [-0.05, 0) is 110 Å². The summed E-state index contributed by atoms with van der Waals surface area (Å²) < 4.78 is 33.5. The maximum Gasteiger partial charge on any atom is 0.309 e. The van der Waals surface area contributed by atoms with Gasteiger partial charge in [-0.2, -0.15) is 0 Å². The van der Waals surface area contributed by atoms with E-state index in [1.165, 1.54) is 12.7 Å². The summed E-state index contributed by atoms with van der Waals surface area (Å²) in [6, 6.07) is -0.288. The Hall–Kier alpha value is -1.74. The highest BCUT2D eigenvalue weighted by molar-refractivity contribution is 7.89. The molecule has 5 aliphatic rings. The average molecular weight is 620 g/mol. The number of hydrogen-bond acceptors (Lipinski definition) is 6. The van der Waals surface area contributed by atoms with Gasteiger partial charge < -0.3 is 9.84 Å². The second-order valence-corrected chi connectivity index (χ2v) is 18.6. The first-order valence-corrected chi connectivity index (χ1v) is 17.9. The number of carbonyl (C=O) groups is 3. The Morgan fingerprint density at radius 1 is 0.977 bits per heavy atom. The first-order chi connectivity index (χ1) is 19.7. The molecule has 0 aromatic rings. The fraction of sp³-hybridized carbons (Fsp3) is 0.853. The lowest BCUT2D eigenvalue weighted by molar-refractivity contribution is -0.188. The van der Waals surface area contributed by atoms with Gasteiger partial charge in [-0.1, -0.05) is 47.1 Å². The number of methoxy groups -OCH3 is 1. The molecule has 0 radical (unpaired) electrons. The van der Waals surface area contributed by atoms with E-state index in [2.05, 4.69) is 51.0 Å². The minimum atomic E-state index is -3.69. The van der Waals surface area contributed by atoms with Crippen molar-refractivity contribution < 1.29 is 32.6 Å². The zero-order chi connectivity index (χ0) is 32.0. The van der Waals surface area contributed by atoms with Crippen LogP contribution in [0.2, 0.25) is 0 Å². The van der Waals surface area contributed by atoms with E-state index in [-0.39, 0.29) is 63.4 Å². The monoisotopic (exact) mass is 619 g/mol. The van der Waals surface area contributed by atoms with E-state index in [4.69, 9.17) is 0 Å². The highest BCUT2D eigenvalue weighted by Crippen LogP contribution is 2.75. The molecule has 0 amide bonds. The van der Waals surface area contributed by atoms with E-state index >= 15 is 0 Å². The van der Waals surface area contributed by atoms with Crippen LogP contribution in [0.1, 0.15) is 113 Å². The fourth-order valence-corrected chi connectivity index (χ4v) is 12.6. The number of ether oxygens (including phenoxy) is 1. The van der Waals surface area contributed by atoms with Gasteiger partial charge in [0.15, 0.2) is 5.78 Å². The van der Waals surface area contributed by atoms with Crippen molar-refractivity contribution in [2.24, 2.45) is 50.2 Å². The summed E-state index contributed by atoms with van der Waals surface area (Å²) in [6.07, 6.45) is 9.10. The normalized spacial score (nSPS) is 45.5. The highest BCUT2D eigenvalue weighted by Gasteiger charge is 2.70. The Bertz CT molecular complexity index is 1350. The third kappa shape index (κ3) is 4.76. The molecule has 0 bridgehead atoms. The van der Waals surface area contributed by atoms with Crippen molar-refractivity contribution in [3.63, 3.8) is 0 Å². The van der Waals surface area contributed by atoms with Gasteiger partial charge in [0, 0.05) is 12.0 Å². The smallest absolute Gasteiger partial charge is 0.309 e. The number of carboxylic acid groups (broad SMARTS) is 1. The number of esters is 1. The first kappa shape index (κ1) is 32.6. The minimum absolute atomic E-state index is 0.00988. The molecule has 9 heteroatoms. The summed E-state index contributed by atoms with van der Waals surface area (Å²) in [6.45, 7) is 15.4. The van der Waals surface area contributed by atoms with Gasteiger partial charge in [0.25, 0.3) is 0 Å². The number of fused-ring (bicyclic) bond motifs is 7. The van der Waals surface area contributed by atoms with Crippen molar-refractivity contribution in [2.45, 2.75) is 119 Å². The summed E-state index contributed by atoms with van der Waals surface area (Å²) in [5.74, 6) is -1.36. The van der Waals surface area contributed by atoms with Crippen LogP contribution in [0.5, 0.6) is 0 Å². The number of aliphatic carboxylic acids is 1. The molecule has 0 aromatic carbocycles. The lowest BCUT2D eigenvalue weighted by Gasteiger charge is -2.70. The van der Waals surface area contributed by atoms with Crippen LogP contribution >= 0.6 is 0 Å². The van der Waals surface area contributed by atoms with Crippen LogP contribution in [-0.2, 0) is 29.1 Å². The fourth-order valence-electron chi connectivity index (χ4n) is 11.2. The van der Waals surface area contributed by atoms with Gasteiger partial charge in [0.2, 0.25) is 10.0 Å². The van der Waals surface area contributed by atoms with Gasteiger partial charge in [-0.3, -0.25) is 14.4 Å². The first-order valence-electron chi connectivity index (χ1n) is 16.3. The van der Waals surface area contributed by atoms with Gasteiger partial charge in [-0.25, -0.2) is 13.1 Å². The van der Waals surface area contributed by atoms with Crippen molar-refractivity contribution in [3.8, 4) is 0 Å². The van der Waals surface area contributed by atoms with Crippen molar-refractivity contribution in [3.05, 3.63) is 11.6 Å². The lowest BCUT2D eigenvalue weighted by atomic mass is 9.33. The zero-order valence-corrected chi connectivity index (χ0v) is 28.3. The molecule has 0 aliphatic heterocycles. The quantitative estimate of drug-likeness (QED) is 0.354. The molecule has 4 saturated carbocycles. The van der Waals surface area contributed by atoms with Crippen LogP contribution < -0.4 is 4.72 Å². The van der Waals surface area contributed by atoms with E-state index in [9.17, 15) is 27.9 Å². The Morgan fingerprint density at radius 2 is 1.63 bits per heavy atom. The molecule has 0 unspecified atom stereocenters. The molecule has 5 aliphatic carbocycles. The van der Waals surface area contributed by atoms with E-state index in [1.807, 2.05) is 13.0 Å². The van der Waals surface area contributed by atoms with Gasteiger partial charge >= 0.3 is 11.9 Å². The third-order valence-electron chi connectivity index (χ3n) is 14.2. The van der Waals surface area contributed by atoms with E-state index < -0.39 is 32.8 Å². The van der Waals surface area contributed by atoms with Crippen molar-refractivity contribution in [2.75, 3.05) is 12.9 Å². The standard InChI is InChI=1S/C34H53NO7S/c1-29(2)24-9-13-34(7)27(32(24,5)12-10-25(29)35-43(40,41)18-11-26(37)42-8)23(36)19-21-22-20-31(4,28(38)39)15-14-30(22,3)16-17-33(21,34)6/h19,22,24-25,27,35H,9-18,20H2,1-8H3,(H,38,39)/t22-,24-,25-,27+,30+,31-,32-,33+,34+/m0/s1. The molecule has 4 fully saturated rings. The predicted molar refractivity (Wildman–Crippen MR) is 164 cm³/mol. The molecule has 5 rings (SSSR count). The zero-order valence-electron chi connectivity index (χ0n) is 27.5. The second-order valence-electron chi connectivity index (χ2n) is 16.7. The molecule has 0 saturated heterocycles. The third-order valence-corrected chi connectivity index (χ3v) is 15.6. The van der Waals surface area contributed by atoms with Crippen molar-refractivity contribution in [1.29, 1.82) is 0 Å². The SMILES string of the molecule is COC(=O)CCS(=O)(=O)N[C@H]1CC[C@]2(C)[C@H]3C(=O)C=C4[C@@H]5C[C@@](C)(C(=O)O)CC[C@]5(C)CC[C@@]4(C)[C@]3(C)CC[C@H]2C1(C)C. The van der Waals surface area contributed by atoms with Crippen LogP contribution in [0.3, 0.4) is 0 Å². The average Bonchev–Trinajstić information content (AvgIpc) is 2.91. The van der Waals surface area contributed by atoms with E-state index in [0.29, 0.717) is 19.3 Å². The van der Waals surface area contributed by atoms with E-state index in [1.54, 1.807) is 0 Å². The van der Waals surface area contributed by atoms with Crippen LogP contribution in [0, 0.1) is 50.2 Å². The molecular formula is C34H53NO7S. The van der Waals surface area contributed by atoms with Crippen molar-refractivity contribution >= 4 is 27.7 Å². The summed E-state index contributed by atoms with van der Waals surface area (Å²) in [5.41, 5.74) is -0.718. The van der Waals surface area contributed by atoms with Crippen LogP contribution in [-0.4, -0.2) is 50.2 Å².